The molecule has 2 aromatic rings. The van der Waals surface area contributed by atoms with E-state index in [9.17, 15) is 4.79 Å². The molecular weight excluding hydrogens is 330 g/mol. The van der Waals surface area contributed by atoms with Crippen LogP contribution in [0.1, 0.15) is 22.3 Å². The van der Waals surface area contributed by atoms with Crippen molar-refractivity contribution < 1.29 is 19.0 Å². The van der Waals surface area contributed by atoms with E-state index >= 15 is 0 Å². The largest absolute Gasteiger partial charge is 0.493 e. The van der Waals surface area contributed by atoms with Crippen molar-refractivity contribution in [3.8, 4) is 11.5 Å². The zero-order valence-corrected chi connectivity index (χ0v) is 15.7. The monoisotopic (exact) mass is 355 g/mol. The molecule has 1 aliphatic heterocycles. The summed E-state index contributed by atoms with van der Waals surface area (Å²) in [5.74, 6) is 1.21. The Bertz CT molecular complexity index is 752. The van der Waals surface area contributed by atoms with Crippen LogP contribution in [0, 0.1) is 6.92 Å². The number of carbonyl (C=O) groups excluding carboxylic acids is 1. The number of rotatable bonds is 6. The summed E-state index contributed by atoms with van der Waals surface area (Å²) in [5.41, 5.74) is 4.63. The first kappa shape index (κ1) is 18.3. The van der Waals surface area contributed by atoms with Crippen molar-refractivity contribution in [3.63, 3.8) is 0 Å². The number of esters is 1. The Morgan fingerprint density at radius 3 is 2.00 bits per heavy atom. The SMILES string of the molecule is COC(=O)[C@@H](Cc1ccc(C)cc1)N1Cc2cc(OC)c(OC)cc2C1. The Kier molecular flexibility index (Phi) is 5.47. The van der Waals surface area contributed by atoms with Crippen LogP contribution in [0.2, 0.25) is 0 Å². The first-order valence-electron chi connectivity index (χ1n) is 8.67. The molecule has 1 aliphatic rings. The molecule has 0 saturated carbocycles. The molecule has 26 heavy (non-hydrogen) atoms. The molecule has 0 aliphatic carbocycles. The second-order valence-electron chi connectivity index (χ2n) is 6.61. The van der Waals surface area contributed by atoms with Gasteiger partial charge in [0.25, 0.3) is 0 Å². The molecule has 0 saturated heterocycles. The topological polar surface area (TPSA) is 48.0 Å². The number of carbonyl (C=O) groups is 1. The van der Waals surface area contributed by atoms with Crippen LogP contribution in [-0.4, -0.2) is 38.2 Å². The van der Waals surface area contributed by atoms with E-state index in [1.807, 2.05) is 12.1 Å². The second kappa shape index (κ2) is 7.79. The van der Waals surface area contributed by atoms with E-state index in [0.717, 1.165) is 16.7 Å². The van der Waals surface area contributed by atoms with Crippen LogP contribution >= 0.6 is 0 Å². The van der Waals surface area contributed by atoms with Crippen molar-refractivity contribution in [2.24, 2.45) is 0 Å². The normalized spacial score (nSPS) is 14.6. The highest BCUT2D eigenvalue weighted by atomic mass is 16.5. The average molecular weight is 355 g/mol. The number of ether oxygens (including phenoxy) is 3. The molecule has 138 valence electrons. The minimum atomic E-state index is -0.327. The Morgan fingerprint density at radius 2 is 1.54 bits per heavy atom. The van der Waals surface area contributed by atoms with Gasteiger partial charge >= 0.3 is 5.97 Å². The number of methoxy groups -OCH3 is 3. The predicted octanol–water partition coefficient (Wildman–Crippen LogP) is 3.11. The molecule has 0 amide bonds. The molecule has 3 rings (SSSR count). The summed E-state index contributed by atoms with van der Waals surface area (Å²) in [7, 11) is 4.71. The van der Waals surface area contributed by atoms with E-state index in [0.29, 0.717) is 31.0 Å². The Morgan fingerprint density at radius 1 is 1.00 bits per heavy atom. The summed E-state index contributed by atoms with van der Waals surface area (Å²) >= 11 is 0. The highest BCUT2D eigenvalue weighted by molar-refractivity contribution is 5.76. The summed E-state index contributed by atoms with van der Waals surface area (Å²) in [4.78, 5) is 14.6. The van der Waals surface area contributed by atoms with Crippen LogP contribution in [0.4, 0.5) is 0 Å². The van der Waals surface area contributed by atoms with Gasteiger partial charge in [-0.2, -0.15) is 0 Å². The fourth-order valence-corrected chi connectivity index (χ4v) is 3.42. The van der Waals surface area contributed by atoms with Gasteiger partial charge in [-0.15, -0.1) is 0 Å². The third-order valence-corrected chi connectivity index (χ3v) is 4.92. The van der Waals surface area contributed by atoms with Gasteiger partial charge in [0.1, 0.15) is 6.04 Å². The lowest BCUT2D eigenvalue weighted by molar-refractivity contribution is -0.147. The predicted molar refractivity (Wildman–Crippen MR) is 99.5 cm³/mol. The maximum atomic E-state index is 12.5. The molecule has 0 fully saturated rings. The van der Waals surface area contributed by atoms with Crippen molar-refractivity contribution in [3.05, 3.63) is 58.7 Å². The highest BCUT2D eigenvalue weighted by Gasteiger charge is 2.32. The molecule has 1 heterocycles. The zero-order chi connectivity index (χ0) is 18.7. The summed E-state index contributed by atoms with van der Waals surface area (Å²) in [6, 6.07) is 11.9. The van der Waals surface area contributed by atoms with Gasteiger partial charge in [-0.1, -0.05) is 29.8 Å². The van der Waals surface area contributed by atoms with Crippen molar-refractivity contribution in [1.82, 2.24) is 4.90 Å². The molecule has 5 heteroatoms. The van der Waals surface area contributed by atoms with E-state index in [1.54, 1.807) is 14.2 Å². The number of hydrogen-bond acceptors (Lipinski definition) is 5. The van der Waals surface area contributed by atoms with E-state index < -0.39 is 0 Å². The van der Waals surface area contributed by atoms with Gasteiger partial charge in [0, 0.05) is 13.1 Å². The lowest BCUT2D eigenvalue weighted by Gasteiger charge is -2.25. The molecule has 0 spiro atoms. The maximum absolute atomic E-state index is 12.5. The Balaban J connectivity index is 1.84. The Hall–Kier alpha value is -2.53. The van der Waals surface area contributed by atoms with Crippen molar-refractivity contribution in [2.45, 2.75) is 32.5 Å². The van der Waals surface area contributed by atoms with Crippen LogP contribution in [-0.2, 0) is 29.0 Å². The molecule has 0 bridgehead atoms. The molecule has 0 aromatic heterocycles. The van der Waals surface area contributed by atoms with Crippen molar-refractivity contribution in [1.29, 1.82) is 0 Å². The van der Waals surface area contributed by atoms with Gasteiger partial charge in [-0.25, -0.2) is 0 Å². The van der Waals surface area contributed by atoms with Gasteiger partial charge in [0.15, 0.2) is 11.5 Å². The number of benzene rings is 2. The quantitative estimate of drug-likeness (QED) is 0.745. The number of hydrogen-bond donors (Lipinski definition) is 0. The molecule has 5 nitrogen and oxygen atoms in total. The van der Waals surface area contributed by atoms with Crippen LogP contribution in [0.5, 0.6) is 11.5 Å². The second-order valence-corrected chi connectivity index (χ2v) is 6.61. The van der Waals surface area contributed by atoms with Crippen LogP contribution < -0.4 is 9.47 Å². The van der Waals surface area contributed by atoms with Gasteiger partial charge in [0.05, 0.1) is 21.3 Å². The third kappa shape index (κ3) is 3.68. The minimum absolute atomic E-state index is 0.211. The molecule has 0 radical (unpaired) electrons. The maximum Gasteiger partial charge on any atom is 0.323 e. The molecule has 1 atom stereocenters. The van der Waals surface area contributed by atoms with Gasteiger partial charge in [-0.3, -0.25) is 9.69 Å². The lowest BCUT2D eigenvalue weighted by Crippen LogP contribution is -2.40. The smallest absolute Gasteiger partial charge is 0.323 e. The van der Waals surface area contributed by atoms with Crippen molar-refractivity contribution in [2.75, 3.05) is 21.3 Å². The molecular formula is C21H25NO4. The third-order valence-electron chi connectivity index (χ3n) is 4.92. The zero-order valence-electron chi connectivity index (χ0n) is 15.7. The van der Waals surface area contributed by atoms with Gasteiger partial charge in [0.2, 0.25) is 0 Å². The first-order chi connectivity index (χ1) is 12.5. The highest BCUT2D eigenvalue weighted by Crippen LogP contribution is 2.36. The molecule has 2 aromatic carbocycles. The standard InChI is InChI=1S/C21H25NO4/c1-14-5-7-15(8-6-14)9-18(21(23)26-4)22-12-16-10-19(24-2)20(25-3)11-17(16)13-22/h5-8,10-11,18H,9,12-13H2,1-4H3/t18-/m1/s1. The summed E-state index contributed by atoms with van der Waals surface area (Å²) in [5, 5.41) is 0. The fourth-order valence-electron chi connectivity index (χ4n) is 3.42. The fraction of sp³-hybridized carbons (Fsp3) is 0.381. The summed E-state index contributed by atoms with van der Waals surface area (Å²) in [6.07, 6.45) is 0.620. The van der Waals surface area contributed by atoms with E-state index in [1.165, 1.54) is 12.7 Å². The van der Waals surface area contributed by atoms with E-state index in [4.69, 9.17) is 14.2 Å². The summed E-state index contributed by atoms with van der Waals surface area (Å²) in [6.45, 7) is 3.42. The minimum Gasteiger partial charge on any atom is -0.493 e. The lowest BCUT2D eigenvalue weighted by atomic mass is 10.0. The molecule has 0 N–H and O–H groups in total. The van der Waals surface area contributed by atoms with Gasteiger partial charge in [-0.05, 0) is 42.2 Å². The van der Waals surface area contributed by atoms with Crippen LogP contribution in [0.25, 0.3) is 0 Å². The van der Waals surface area contributed by atoms with E-state index in [-0.39, 0.29) is 12.0 Å². The molecule has 0 unspecified atom stereocenters. The van der Waals surface area contributed by atoms with Crippen molar-refractivity contribution >= 4 is 5.97 Å². The average Bonchev–Trinajstić information content (AvgIpc) is 3.08. The van der Waals surface area contributed by atoms with Crippen LogP contribution in [0.3, 0.4) is 0 Å². The number of nitrogens with zero attached hydrogens (tertiary/aromatic N) is 1. The summed E-state index contributed by atoms with van der Waals surface area (Å²) < 4.78 is 15.9. The van der Waals surface area contributed by atoms with Crippen LogP contribution in [0.15, 0.2) is 36.4 Å². The first-order valence-corrected chi connectivity index (χ1v) is 8.67. The Labute approximate surface area is 154 Å². The van der Waals surface area contributed by atoms with E-state index in [2.05, 4.69) is 36.1 Å². The number of aryl methyl sites for hydroxylation is 1. The van der Waals surface area contributed by atoms with Gasteiger partial charge < -0.3 is 14.2 Å². The number of fused-ring (bicyclic) bond motifs is 1.